The van der Waals surface area contributed by atoms with Crippen LogP contribution in [0.4, 0.5) is 13.6 Å². The molecule has 1 N–H and O–H groups in total. The van der Waals surface area contributed by atoms with Gasteiger partial charge < -0.3 is 10.2 Å². The smallest absolute Gasteiger partial charge is 0.325 e. The molecule has 1 unspecified atom stereocenters. The molecule has 0 spiro atoms. The number of nitrogens with one attached hydrogen (secondary N) is 1. The average Bonchev–Trinajstić information content (AvgIpc) is 2.89. The first-order valence-electron chi connectivity index (χ1n) is 8.70. The molecular formula is C20H18ClF2N3O3. The van der Waals surface area contributed by atoms with Gasteiger partial charge in [0.15, 0.2) is 0 Å². The van der Waals surface area contributed by atoms with Gasteiger partial charge in [0.25, 0.3) is 5.91 Å². The second kappa shape index (κ2) is 7.79. The van der Waals surface area contributed by atoms with E-state index in [2.05, 4.69) is 5.32 Å². The van der Waals surface area contributed by atoms with Crippen LogP contribution in [-0.4, -0.2) is 41.2 Å². The highest BCUT2D eigenvalue weighted by Gasteiger charge is 2.49. The monoisotopic (exact) mass is 421 g/mol. The minimum Gasteiger partial charge on any atom is -0.340 e. The summed E-state index contributed by atoms with van der Waals surface area (Å²) in [7, 11) is 1.42. The summed E-state index contributed by atoms with van der Waals surface area (Å²) in [6.45, 7) is 0.834. The summed E-state index contributed by atoms with van der Waals surface area (Å²) in [5.41, 5.74) is -0.893. The number of rotatable bonds is 5. The van der Waals surface area contributed by atoms with Crippen LogP contribution in [0.3, 0.4) is 0 Å². The van der Waals surface area contributed by atoms with E-state index in [0.29, 0.717) is 5.56 Å². The molecule has 0 bridgehead atoms. The number of nitrogens with zero attached hydrogens (tertiary/aromatic N) is 2. The number of halogens is 3. The number of imide groups is 1. The molecule has 9 heteroatoms. The highest BCUT2D eigenvalue weighted by molar-refractivity contribution is 6.31. The van der Waals surface area contributed by atoms with Gasteiger partial charge in [-0.3, -0.25) is 14.5 Å². The highest BCUT2D eigenvalue weighted by atomic mass is 35.5. The van der Waals surface area contributed by atoms with Crippen LogP contribution in [0.1, 0.15) is 18.1 Å². The Morgan fingerprint density at radius 3 is 2.45 bits per heavy atom. The molecule has 6 nitrogen and oxygen atoms in total. The number of hydrogen-bond donors (Lipinski definition) is 1. The van der Waals surface area contributed by atoms with Gasteiger partial charge in [0.05, 0.1) is 0 Å². The van der Waals surface area contributed by atoms with Crippen LogP contribution in [0, 0.1) is 11.6 Å². The van der Waals surface area contributed by atoms with Gasteiger partial charge in [0.1, 0.15) is 23.7 Å². The maximum absolute atomic E-state index is 13.9. The van der Waals surface area contributed by atoms with Crippen molar-refractivity contribution in [3.8, 4) is 0 Å². The van der Waals surface area contributed by atoms with E-state index < -0.39 is 41.6 Å². The van der Waals surface area contributed by atoms with Gasteiger partial charge in [-0.25, -0.2) is 13.6 Å². The highest BCUT2D eigenvalue weighted by Crippen LogP contribution is 2.29. The van der Waals surface area contributed by atoms with Gasteiger partial charge in [-0.15, -0.1) is 0 Å². The summed E-state index contributed by atoms with van der Waals surface area (Å²) in [5.74, 6) is -2.25. The molecule has 1 aliphatic rings. The first-order chi connectivity index (χ1) is 13.6. The number of amides is 4. The average molecular weight is 422 g/mol. The van der Waals surface area contributed by atoms with Gasteiger partial charge in [0.2, 0.25) is 5.91 Å². The minimum atomic E-state index is -1.42. The van der Waals surface area contributed by atoms with E-state index in [0.717, 1.165) is 4.90 Å². The third-order valence-electron chi connectivity index (χ3n) is 4.87. The molecule has 1 fully saturated rings. The van der Waals surface area contributed by atoms with Crippen molar-refractivity contribution in [2.45, 2.75) is 19.0 Å². The van der Waals surface area contributed by atoms with E-state index in [4.69, 9.17) is 11.6 Å². The van der Waals surface area contributed by atoms with Crippen molar-refractivity contribution < 1.29 is 23.2 Å². The van der Waals surface area contributed by atoms with E-state index in [9.17, 15) is 23.2 Å². The van der Waals surface area contributed by atoms with E-state index in [1.54, 1.807) is 0 Å². The van der Waals surface area contributed by atoms with Crippen LogP contribution >= 0.6 is 11.6 Å². The zero-order chi connectivity index (χ0) is 21.3. The van der Waals surface area contributed by atoms with Gasteiger partial charge in [0, 0.05) is 24.2 Å². The summed E-state index contributed by atoms with van der Waals surface area (Å²) in [5, 5.41) is 2.71. The van der Waals surface area contributed by atoms with Crippen LogP contribution in [-0.2, 0) is 21.7 Å². The standard InChI is InChI=1S/C20H18ClF2N3O3/c1-20(12-6-8-13(22)9-7-12)18(28)26(19(29)24-20)11-17(27)25(2)10-14-15(21)4-3-5-16(14)23/h3-9H,10-11H2,1-2H3,(H,24,29). The SMILES string of the molecule is CN(Cc1c(F)cccc1Cl)C(=O)CN1C(=O)NC(C)(c2ccc(F)cc2)C1=O. The molecule has 29 heavy (non-hydrogen) atoms. The number of likely N-dealkylation sites (N-methyl/N-ethyl adjacent to an activating group) is 1. The molecule has 0 aliphatic carbocycles. The molecule has 0 saturated carbocycles. The summed E-state index contributed by atoms with van der Waals surface area (Å²) in [6, 6.07) is 8.59. The quantitative estimate of drug-likeness (QED) is 0.754. The molecule has 2 aromatic carbocycles. The zero-order valence-electron chi connectivity index (χ0n) is 15.7. The van der Waals surface area contributed by atoms with Crippen LogP contribution in [0.25, 0.3) is 0 Å². The first kappa shape index (κ1) is 20.7. The molecule has 152 valence electrons. The lowest BCUT2D eigenvalue weighted by atomic mass is 9.92. The molecule has 3 rings (SSSR count). The van der Waals surface area contributed by atoms with Gasteiger partial charge in [-0.2, -0.15) is 0 Å². The molecular weight excluding hydrogens is 404 g/mol. The largest absolute Gasteiger partial charge is 0.340 e. The molecule has 4 amide bonds. The zero-order valence-corrected chi connectivity index (χ0v) is 16.5. The summed E-state index contributed by atoms with van der Waals surface area (Å²) in [4.78, 5) is 39.7. The van der Waals surface area contributed by atoms with Crippen molar-refractivity contribution in [2.24, 2.45) is 0 Å². The normalized spacial score (nSPS) is 18.7. The molecule has 1 atom stereocenters. The maximum atomic E-state index is 13.9. The van der Waals surface area contributed by atoms with Crippen LogP contribution in [0.2, 0.25) is 5.02 Å². The van der Waals surface area contributed by atoms with Gasteiger partial charge in [-0.1, -0.05) is 29.8 Å². The summed E-state index contributed by atoms with van der Waals surface area (Å²) < 4.78 is 27.1. The van der Waals surface area contributed by atoms with Gasteiger partial charge in [-0.05, 0) is 36.8 Å². The lowest BCUT2D eigenvalue weighted by molar-refractivity contribution is -0.138. The van der Waals surface area contributed by atoms with E-state index in [1.807, 2.05) is 0 Å². The number of carbonyl (C=O) groups is 3. The minimum absolute atomic E-state index is 0.122. The van der Waals surface area contributed by atoms with E-state index >= 15 is 0 Å². The Labute approximate surface area is 171 Å². The van der Waals surface area contributed by atoms with Crippen molar-refractivity contribution in [1.82, 2.24) is 15.1 Å². The Morgan fingerprint density at radius 1 is 1.17 bits per heavy atom. The summed E-state index contributed by atoms with van der Waals surface area (Å²) in [6.07, 6.45) is 0. The second-order valence-electron chi connectivity index (χ2n) is 6.90. The predicted octanol–water partition coefficient (Wildman–Crippen LogP) is 3.04. The lowest BCUT2D eigenvalue weighted by Gasteiger charge is -2.23. The molecule has 1 heterocycles. The van der Waals surface area contributed by atoms with Crippen LogP contribution in [0.5, 0.6) is 0 Å². The second-order valence-corrected chi connectivity index (χ2v) is 7.31. The number of benzene rings is 2. The molecule has 0 aromatic heterocycles. The van der Waals surface area contributed by atoms with Crippen molar-refractivity contribution in [2.75, 3.05) is 13.6 Å². The number of carbonyl (C=O) groups excluding carboxylic acids is 3. The Hall–Kier alpha value is -3.00. The first-order valence-corrected chi connectivity index (χ1v) is 9.08. The van der Waals surface area contributed by atoms with Crippen LogP contribution in [0.15, 0.2) is 42.5 Å². The molecule has 0 radical (unpaired) electrons. The predicted molar refractivity (Wildman–Crippen MR) is 102 cm³/mol. The number of hydrogen-bond acceptors (Lipinski definition) is 3. The van der Waals surface area contributed by atoms with Crippen LogP contribution < -0.4 is 5.32 Å². The van der Waals surface area contributed by atoms with Gasteiger partial charge >= 0.3 is 6.03 Å². The third-order valence-corrected chi connectivity index (χ3v) is 5.23. The van der Waals surface area contributed by atoms with E-state index in [1.165, 1.54) is 61.3 Å². The Balaban J connectivity index is 1.74. The fraction of sp³-hybridized carbons (Fsp3) is 0.250. The van der Waals surface area contributed by atoms with Crippen molar-refractivity contribution in [1.29, 1.82) is 0 Å². The topological polar surface area (TPSA) is 69.7 Å². The maximum Gasteiger partial charge on any atom is 0.325 e. The number of urea groups is 1. The van der Waals surface area contributed by atoms with Crippen molar-refractivity contribution >= 4 is 29.4 Å². The Bertz CT molecular complexity index is 963. The van der Waals surface area contributed by atoms with E-state index in [-0.39, 0.29) is 17.1 Å². The third kappa shape index (κ3) is 3.93. The molecule has 1 saturated heterocycles. The molecule has 2 aromatic rings. The lowest BCUT2D eigenvalue weighted by Crippen LogP contribution is -2.43. The van der Waals surface area contributed by atoms with Crippen molar-refractivity contribution in [3.05, 3.63) is 70.2 Å². The van der Waals surface area contributed by atoms with Crippen molar-refractivity contribution in [3.63, 3.8) is 0 Å². The summed E-state index contributed by atoms with van der Waals surface area (Å²) >= 11 is 5.98. The Kier molecular flexibility index (Phi) is 5.57. The fourth-order valence-electron chi connectivity index (χ4n) is 3.08. The molecule has 1 aliphatic heterocycles. The Morgan fingerprint density at radius 2 is 1.83 bits per heavy atom. The fourth-order valence-corrected chi connectivity index (χ4v) is 3.31.